The smallest absolute Gasteiger partial charge is 0.220 e. The van der Waals surface area contributed by atoms with Crippen LogP contribution < -0.4 is 5.32 Å². The topological polar surface area (TPSA) is 38.3 Å². The molecule has 0 spiro atoms. The lowest BCUT2D eigenvalue weighted by Gasteiger charge is -2.29. The zero-order valence-corrected chi connectivity index (χ0v) is 11.1. The average molecular weight is 253 g/mol. The average Bonchev–Trinajstić information content (AvgIpc) is 2.37. The summed E-state index contributed by atoms with van der Waals surface area (Å²) in [5, 5.41) is 2.77. The van der Waals surface area contributed by atoms with E-state index in [1.165, 1.54) is 13.2 Å². The van der Waals surface area contributed by atoms with Crippen LogP contribution in [0.3, 0.4) is 0 Å². The van der Waals surface area contributed by atoms with Gasteiger partial charge in [0.2, 0.25) is 5.91 Å². The van der Waals surface area contributed by atoms with E-state index in [4.69, 9.17) is 4.74 Å². The molecule has 0 aliphatic carbocycles. The lowest BCUT2D eigenvalue weighted by Crippen LogP contribution is -2.40. The predicted molar refractivity (Wildman–Crippen MR) is 68.7 cm³/mol. The Labute approximate surface area is 107 Å². The highest BCUT2D eigenvalue weighted by Crippen LogP contribution is 2.26. The molecule has 1 aromatic carbocycles. The molecule has 0 saturated carbocycles. The number of amides is 1. The molecule has 0 unspecified atom stereocenters. The Hall–Kier alpha value is -1.42. The van der Waals surface area contributed by atoms with Crippen LogP contribution in [0.2, 0.25) is 0 Å². The molecule has 1 atom stereocenters. The number of carbonyl (C=O) groups is 1. The molecule has 1 rings (SSSR count). The van der Waals surface area contributed by atoms with Crippen LogP contribution in [0.15, 0.2) is 24.3 Å². The summed E-state index contributed by atoms with van der Waals surface area (Å²) in [4.78, 5) is 11.5. The molecule has 3 nitrogen and oxygen atoms in total. The van der Waals surface area contributed by atoms with Crippen molar-refractivity contribution in [2.24, 2.45) is 0 Å². The van der Waals surface area contributed by atoms with E-state index in [2.05, 4.69) is 5.32 Å². The minimum atomic E-state index is -0.852. The Bertz CT molecular complexity index is 409. The Morgan fingerprint density at radius 1 is 1.44 bits per heavy atom. The van der Waals surface area contributed by atoms with Crippen molar-refractivity contribution in [3.63, 3.8) is 0 Å². The zero-order chi connectivity index (χ0) is 13.6. The molecule has 18 heavy (non-hydrogen) atoms. The molecule has 0 heterocycles. The molecule has 1 aromatic rings. The van der Waals surface area contributed by atoms with Crippen molar-refractivity contribution in [2.45, 2.75) is 32.3 Å². The van der Waals surface area contributed by atoms with Crippen LogP contribution in [0.5, 0.6) is 0 Å². The molecular formula is C14H20FNO2. The highest BCUT2D eigenvalue weighted by molar-refractivity contribution is 5.75. The molecule has 1 amide bonds. The van der Waals surface area contributed by atoms with Crippen LogP contribution in [-0.4, -0.2) is 19.6 Å². The van der Waals surface area contributed by atoms with Gasteiger partial charge in [-0.3, -0.25) is 4.79 Å². The van der Waals surface area contributed by atoms with E-state index in [0.717, 1.165) is 6.42 Å². The third-order valence-electron chi connectivity index (χ3n) is 2.99. The van der Waals surface area contributed by atoms with E-state index in [9.17, 15) is 9.18 Å². The van der Waals surface area contributed by atoms with Crippen molar-refractivity contribution >= 4 is 5.91 Å². The van der Waals surface area contributed by atoms with Crippen molar-refractivity contribution in [2.75, 3.05) is 13.7 Å². The minimum absolute atomic E-state index is 0.0443. The molecule has 100 valence electrons. The number of hydrogen-bond donors (Lipinski definition) is 1. The molecule has 0 aliphatic heterocycles. The highest BCUT2D eigenvalue weighted by atomic mass is 19.1. The van der Waals surface area contributed by atoms with Gasteiger partial charge in [-0.1, -0.05) is 25.1 Å². The number of nitrogens with one attached hydrogen (secondary N) is 1. The lowest BCUT2D eigenvalue weighted by molar-refractivity contribution is -0.122. The van der Waals surface area contributed by atoms with Gasteiger partial charge in [0.25, 0.3) is 0 Å². The van der Waals surface area contributed by atoms with Gasteiger partial charge < -0.3 is 10.1 Å². The van der Waals surface area contributed by atoms with Gasteiger partial charge >= 0.3 is 0 Å². The standard InChI is InChI=1S/C14H20FNO2/c1-4-7-13(17)16-10-14(2,18-3)11-8-5-6-9-12(11)15/h5-6,8-9H,4,7,10H2,1-3H3,(H,16,17)/t14-/m0/s1. The van der Waals surface area contributed by atoms with E-state index in [1.54, 1.807) is 25.1 Å². The maximum absolute atomic E-state index is 13.8. The lowest BCUT2D eigenvalue weighted by atomic mass is 9.95. The molecule has 0 aromatic heterocycles. The number of carbonyl (C=O) groups excluding carboxylic acids is 1. The van der Waals surface area contributed by atoms with Crippen LogP contribution >= 0.6 is 0 Å². The van der Waals surface area contributed by atoms with E-state index < -0.39 is 5.60 Å². The molecule has 0 radical (unpaired) electrons. The van der Waals surface area contributed by atoms with E-state index in [1.807, 2.05) is 6.92 Å². The number of rotatable bonds is 6. The molecular weight excluding hydrogens is 233 g/mol. The van der Waals surface area contributed by atoms with Gasteiger partial charge in [0.05, 0.1) is 6.54 Å². The summed E-state index contributed by atoms with van der Waals surface area (Å²) in [6.45, 7) is 3.95. The van der Waals surface area contributed by atoms with Gasteiger partial charge in [0.1, 0.15) is 11.4 Å². The molecule has 0 fully saturated rings. The van der Waals surface area contributed by atoms with Gasteiger partial charge in [0, 0.05) is 19.1 Å². The Kier molecular flexibility index (Phi) is 5.28. The quantitative estimate of drug-likeness (QED) is 0.846. The SMILES string of the molecule is CCCC(=O)NC[C@](C)(OC)c1ccccc1F. The van der Waals surface area contributed by atoms with Gasteiger partial charge in [-0.25, -0.2) is 4.39 Å². The van der Waals surface area contributed by atoms with Crippen LogP contribution in [0.25, 0.3) is 0 Å². The minimum Gasteiger partial charge on any atom is -0.372 e. The Balaban J connectivity index is 2.80. The van der Waals surface area contributed by atoms with E-state index in [-0.39, 0.29) is 18.3 Å². The summed E-state index contributed by atoms with van der Waals surface area (Å²) < 4.78 is 19.1. The summed E-state index contributed by atoms with van der Waals surface area (Å²) in [6.07, 6.45) is 1.26. The predicted octanol–water partition coefficient (Wildman–Crippen LogP) is 2.60. The van der Waals surface area contributed by atoms with Gasteiger partial charge in [-0.05, 0) is 19.4 Å². The van der Waals surface area contributed by atoms with Crippen LogP contribution in [0, 0.1) is 5.82 Å². The summed E-state index contributed by atoms with van der Waals surface area (Å²) in [6, 6.07) is 6.44. The monoisotopic (exact) mass is 253 g/mol. The fourth-order valence-corrected chi connectivity index (χ4v) is 1.75. The van der Waals surface area contributed by atoms with Crippen LogP contribution in [-0.2, 0) is 15.1 Å². The second-order valence-electron chi connectivity index (χ2n) is 4.44. The third-order valence-corrected chi connectivity index (χ3v) is 2.99. The van der Waals surface area contributed by atoms with E-state index in [0.29, 0.717) is 12.0 Å². The molecule has 1 N–H and O–H groups in total. The largest absolute Gasteiger partial charge is 0.372 e. The summed E-state index contributed by atoms with van der Waals surface area (Å²) in [5.74, 6) is -0.372. The van der Waals surface area contributed by atoms with Crippen molar-refractivity contribution in [1.82, 2.24) is 5.32 Å². The maximum atomic E-state index is 13.8. The first-order valence-corrected chi connectivity index (χ1v) is 6.10. The molecule has 4 heteroatoms. The zero-order valence-electron chi connectivity index (χ0n) is 11.1. The first kappa shape index (κ1) is 14.6. The van der Waals surface area contributed by atoms with Crippen molar-refractivity contribution in [3.8, 4) is 0 Å². The Morgan fingerprint density at radius 2 is 2.11 bits per heavy atom. The van der Waals surface area contributed by atoms with E-state index >= 15 is 0 Å². The second kappa shape index (κ2) is 6.50. The molecule has 0 saturated heterocycles. The number of hydrogen-bond acceptors (Lipinski definition) is 2. The highest BCUT2D eigenvalue weighted by Gasteiger charge is 2.29. The fourth-order valence-electron chi connectivity index (χ4n) is 1.75. The number of halogens is 1. The van der Waals surface area contributed by atoms with Crippen molar-refractivity contribution in [3.05, 3.63) is 35.6 Å². The van der Waals surface area contributed by atoms with Gasteiger partial charge in [-0.2, -0.15) is 0 Å². The van der Waals surface area contributed by atoms with Crippen LogP contribution in [0.4, 0.5) is 4.39 Å². The normalized spacial score (nSPS) is 14.0. The number of methoxy groups -OCH3 is 1. The van der Waals surface area contributed by atoms with Crippen molar-refractivity contribution in [1.29, 1.82) is 0 Å². The molecule has 0 aliphatic rings. The third kappa shape index (κ3) is 3.53. The fraction of sp³-hybridized carbons (Fsp3) is 0.500. The molecule has 0 bridgehead atoms. The number of benzene rings is 1. The first-order chi connectivity index (χ1) is 8.53. The summed E-state index contributed by atoms with van der Waals surface area (Å²) in [7, 11) is 1.51. The van der Waals surface area contributed by atoms with Gasteiger partial charge in [-0.15, -0.1) is 0 Å². The van der Waals surface area contributed by atoms with Gasteiger partial charge in [0.15, 0.2) is 0 Å². The Morgan fingerprint density at radius 3 is 2.67 bits per heavy atom. The maximum Gasteiger partial charge on any atom is 0.220 e. The summed E-state index contributed by atoms with van der Waals surface area (Å²) in [5.41, 5.74) is -0.404. The second-order valence-corrected chi connectivity index (χ2v) is 4.44. The van der Waals surface area contributed by atoms with Crippen LogP contribution in [0.1, 0.15) is 32.3 Å². The summed E-state index contributed by atoms with van der Waals surface area (Å²) >= 11 is 0. The number of ether oxygens (including phenoxy) is 1. The van der Waals surface area contributed by atoms with Crippen molar-refractivity contribution < 1.29 is 13.9 Å². The first-order valence-electron chi connectivity index (χ1n) is 6.10.